The second-order valence-corrected chi connectivity index (χ2v) is 4.10. The van der Waals surface area contributed by atoms with Gasteiger partial charge < -0.3 is 5.73 Å². The van der Waals surface area contributed by atoms with E-state index >= 15 is 0 Å². The molecule has 0 aliphatic heterocycles. The van der Waals surface area contributed by atoms with E-state index in [4.69, 9.17) is 10.3 Å². The van der Waals surface area contributed by atoms with Gasteiger partial charge in [0.25, 0.3) is 10.1 Å². The molecule has 1 rings (SSSR count). The van der Waals surface area contributed by atoms with Crippen LogP contribution in [0, 0.1) is 0 Å². The molecule has 0 aromatic heterocycles. The lowest BCUT2D eigenvalue weighted by Gasteiger charge is -2.03. The summed E-state index contributed by atoms with van der Waals surface area (Å²) in [5.74, 6) is -1.000. The number of hydrogen-bond donors (Lipinski definition) is 2. The van der Waals surface area contributed by atoms with E-state index in [1.165, 1.54) is 6.07 Å². The van der Waals surface area contributed by atoms with Gasteiger partial charge in [-0.2, -0.15) is 8.42 Å². The van der Waals surface area contributed by atoms with Crippen LogP contribution < -0.4 is 5.73 Å². The van der Waals surface area contributed by atoms with E-state index in [0.29, 0.717) is 6.29 Å². The molecule has 0 spiro atoms. The molecule has 0 atom stereocenters. The molecule has 3 N–H and O–H groups in total. The number of primary amides is 1. The normalized spacial score (nSPS) is 11.0. The van der Waals surface area contributed by atoms with E-state index in [-0.39, 0.29) is 11.1 Å². The van der Waals surface area contributed by atoms with Gasteiger partial charge in [-0.05, 0) is 12.1 Å². The molecule has 0 fully saturated rings. The number of benzene rings is 1. The number of amides is 1. The third-order valence-corrected chi connectivity index (χ3v) is 2.58. The van der Waals surface area contributed by atoms with E-state index in [2.05, 4.69) is 0 Å². The van der Waals surface area contributed by atoms with Crippen LogP contribution in [-0.2, 0) is 10.1 Å². The van der Waals surface area contributed by atoms with Crippen LogP contribution in [0.5, 0.6) is 0 Å². The topological polar surface area (TPSA) is 115 Å². The lowest BCUT2D eigenvalue weighted by molar-refractivity contribution is 0.0995. The van der Waals surface area contributed by atoms with Gasteiger partial charge >= 0.3 is 0 Å². The molecule has 0 saturated heterocycles. The smallest absolute Gasteiger partial charge is 0.295 e. The van der Waals surface area contributed by atoms with Crippen molar-refractivity contribution in [1.82, 2.24) is 0 Å². The molecule has 1 amide bonds. The first-order valence-electron chi connectivity index (χ1n) is 3.73. The highest BCUT2D eigenvalue weighted by atomic mass is 32.2. The van der Waals surface area contributed by atoms with Crippen molar-refractivity contribution in [2.24, 2.45) is 5.73 Å². The van der Waals surface area contributed by atoms with Gasteiger partial charge in [-0.25, -0.2) is 0 Å². The zero-order valence-corrected chi connectivity index (χ0v) is 8.19. The van der Waals surface area contributed by atoms with Gasteiger partial charge in [0.15, 0.2) is 0 Å². The highest BCUT2D eigenvalue weighted by Gasteiger charge is 2.19. The molecule has 80 valence electrons. The van der Waals surface area contributed by atoms with Crippen molar-refractivity contribution < 1.29 is 22.6 Å². The maximum Gasteiger partial charge on any atom is 0.295 e. The Morgan fingerprint density at radius 3 is 2.40 bits per heavy atom. The molecule has 6 nitrogen and oxygen atoms in total. The van der Waals surface area contributed by atoms with E-state index in [1.807, 2.05) is 0 Å². The highest BCUT2D eigenvalue weighted by molar-refractivity contribution is 7.86. The Balaban J connectivity index is 3.56. The number of aldehydes is 1. The monoisotopic (exact) mass is 229 g/mol. The van der Waals surface area contributed by atoms with Crippen LogP contribution in [0.2, 0.25) is 0 Å². The third-order valence-electron chi connectivity index (χ3n) is 1.69. The summed E-state index contributed by atoms with van der Waals surface area (Å²) in [4.78, 5) is 20.5. The molecule has 15 heavy (non-hydrogen) atoms. The number of carbonyl (C=O) groups excluding carboxylic acids is 2. The Morgan fingerprint density at radius 2 is 2.00 bits per heavy atom. The fourth-order valence-corrected chi connectivity index (χ4v) is 1.76. The van der Waals surface area contributed by atoms with Crippen LogP contribution in [0.4, 0.5) is 0 Å². The van der Waals surface area contributed by atoms with Crippen molar-refractivity contribution in [3.8, 4) is 0 Å². The predicted molar refractivity (Wildman–Crippen MR) is 50.2 cm³/mol. The number of nitrogens with two attached hydrogens (primary N) is 1. The molecule has 7 heteroatoms. The standard InChI is InChI=1S/C8H7NO5S/c9-8(11)6-2-1-5(4-10)3-7(6)15(12,13)14/h1-4H,(H2,9,11)(H,12,13,14). The quantitative estimate of drug-likeness (QED) is 0.552. The third kappa shape index (κ3) is 2.39. The average Bonchev–Trinajstić information content (AvgIpc) is 2.15. The van der Waals surface area contributed by atoms with Crippen molar-refractivity contribution in [2.45, 2.75) is 4.90 Å². The average molecular weight is 229 g/mol. The van der Waals surface area contributed by atoms with Crippen molar-refractivity contribution in [3.63, 3.8) is 0 Å². The van der Waals surface area contributed by atoms with Crippen molar-refractivity contribution >= 4 is 22.3 Å². The van der Waals surface area contributed by atoms with Crippen molar-refractivity contribution in [2.75, 3.05) is 0 Å². The van der Waals surface area contributed by atoms with Gasteiger partial charge in [-0.15, -0.1) is 0 Å². The summed E-state index contributed by atoms with van der Waals surface area (Å²) in [6.07, 6.45) is 0.388. The molecule has 0 radical (unpaired) electrons. The first-order valence-corrected chi connectivity index (χ1v) is 5.17. The lowest BCUT2D eigenvalue weighted by atomic mass is 10.1. The second kappa shape index (κ2) is 3.79. The maximum atomic E-state index is 10.9. The van der Waals surface area contributed by atoms with E-state index in [1.54, 1.807) is 0 Å². The Hall–Kier alpha value is -1.73. The van der Waals surface area contributed by atoms with Crippen LogP contribution in [0.1, 0.15) is 20.7 Å². The summed E-state index contributed by atoms with van der Waals surface area (Å²) in [5.41, 5.74) is 4.56. The number of hydrogen-bond acceptors (Lipinski definition) is 4. The summed E-state index contributed by atoms with van der Waals surface area (Å²) in [6.45, 7) is 0. The summed E-state index contributed by atoms with van der Waals surface area (Å²) in [6, 6.07) is 3.17. The predicted octanol–water partition coefficient (Wildman–Crippen LogP) is -0.155. The Morgan fingerprint density at radius 1 is 1.40 bits per heavy atom. The van der Waals surface area contributed by atoms with Gasteiger partial charge in [0.1, 0.15) is 11.2 Å². The van der Waals surface area contributed by atoms with Crippen molar-refractivity contribution in [3.05, 3.63) is 29.3 Å². The molecule has 0 bridgehead atoms. The van der Waals surface area contributed by atoms with Crippen LogP contribution >= 0.6 is 0 Å². The zero-order valence-electron chi connectivity index (χ0n) is 7.38. The summed E-state index contributed by atoms with van der Waals surface area (Å²) < 4.78 is 30.5. The van der Waals surface area contributed by atoms with E-state index in [9.17, 15) is 18.0 Å². The fraction of sp³-hybridized carbons (Fsp3) is 0. The molecule has 0 saturated carbocycles. The molecule has 0 heterocycles. The minimum absolute atomic E-state index is 0.0209. The number of carbonyl (C=O) groups is 2. The fourth-order valence-electron chi connectivity index (χ4n) is 1.03. The van der Waals surface area contributed by atoms with Crippen LogP contribution in [0.25, 0.3) is 0 Å². The van der Waals surface area contributed by atoms with Crippen LogP contribution in [0.15, 0.2) is 23.1 Å². The maximum absolute atomic E-state index is 10.9. The van der Waals surface area contributed by atoms with Crippen LogP contribution in [0.3, 0.4) is 0 Å². The minimum atomic E-state index is -4.57. The summed E-state index contributed by atoms with van der Waals surface area (Å²) in [5, 5.41) is 0. The van der Waals surface area contributed by atoms with Gasteiger partial charge in [0, 0.05) is 5.56 Å². The Bertz CT molecular complexity index is 520. The second-order valence-electron chi connectivity index (χ2n) is 2.71. The molecular weight excluding hydrogens is 222 g/mol. The number of rotatable bonds is 3. The lowest BCUT2D eigenvalue weighted by Crippen LogP contribution is -2.16. The van der Waals surface area contributed by atoms with Gasteiger partial charge in [-0.1, -0.05) is 6.07 Å². The highest BCUT2D eigenvalue weighted by Crippen LogP contribution is 2.16. The molecule has 0 aliphatic rings. The molecule has 0 aliphatic carbocycles. The molecule has 1 aromatic rings. The Kier molecular flexibility index (Phi) is 2.87. The molecule has 1 aromatic carbocycles. The first-order chi connectivity index (χ1) is 6.86. The SMILES string of the molecule is NC(=O)c1ccc(C=O)cc1S(=O)(=O)O. The van der Waals surface area contributed by atoms with E-state index < -0.39 is 20.9 Å². The van der Waals surface area contributed by atoms with E-state index in [0.717, 1.165) is 12.1 Å². The minimum Gasteiger partial charge on any atom is -0.366 e. The van der Waals surface area contributed by atoms with Gasteiger partial charge in [0.2, 0.25) is 5.91 Å². The van der Waals surface area contributed by atoms with Gasteiger partial charge in [0.05, 0.1) is 5.56 Å². The van der Waals surface area contributed by atoms with Crippen molar-refractivity contribution in [1.29, 1.82) is 0 Å². The molecular formula is C8H7NO5S. The summed E-state index contributed by atoms with van der Waals surface area (Å²) >= 11 is 0. The molecule has 0 unspecified atom stereocenters. The first kappa shape index (κ1) is 11.3. The zero-order chi connectivity index (χ0) is 11.6. The Labute approximate surface area is 85.5 Å². The van der Waals surface area contributed by atoms with Gasteiger partial charge in [-0.3, -0.25) is 14.1 Å². The summed E-state index contributed by atoms with van der Waals surface area (Å²) in [7, 11) is -4.57. The largest absolute Gasteiger partial charge is 0.366 e. The van der Waals surface area contributed by atoms with Crippen LogP contribution in [-0.4, -0.2) is 25.2 Å².